The second-order valence-corrected chi connectivity index (χ2v) is 7.63. The van der Waals surface area contributed by atoms with Crippen LogP contribution in [0.15, 0.2) is 45.2 Å². The lowest BCUT2D eigenvalue weighted by molar-refractivity contribution is -0.115. The van der Waals surface area contributed by atoms with E-state index in [9.17, 15) is 4.79 Å². The molecule has 8 heteroatoms. The number of aryl methyl sites for hydroxylation is 1. The van der Waals surface area contributed by atoms with Crippen molar-refractivity contribution in [3.8, 4) is 0 Å². The molecule has 0 fully saturated rings. The van der Waals surface area contributed by atoms with Crippen LogP contribution in [0, 0.1) is 6.92 Å². The fourth-order valence-corrected chi connectivity index (χ4v) is 3.38. The van der Waals surface area contributed by atoms with Gasteiger partial charge in [0, 0.05) is 34.5 Å². The van der Waals surface area contributed by atoms with Crippen LogP contribution < -0.4 is 16.0 Å². The second-order valence-electron chi connectivity index (χ2n) is 5.73. The number of rotatable bonds is 6. The molecule has 1 unspecified atom stereocenters. The summed E-state index contributed by atoms with van der Waals surface area (Å²) < 4.78 is 0.932. The van der Waals surface area contributed by atoms with Gasteiger partial charge in [0.25, 0.3) is 0 Å². The molecule has 26 heavy (non-hydrogen) atoms. The van der Waals surface area contributed by atoms with Gasteiger partial charge in [0.2, 0.25) is 5.91 Å². The quantitative estimate of drug-likeness (QED) is 0.285. The Morgan fingerprint density at radius 3 is 2.73 bits per heavy atom. The Labute approximate surface area is 184 Å². The van der Waals surface area contributed by atoms with E-state index in [1.807, 2.05) is 25.1 Å². The number of hydrogen-bond acceptors (Lipinski definition) is 3. The molecule has 0 bridgehead atoms. The number of aliphatic imine (C=N–C) groups is 1. The number of carbonyl (C=O) groups excluding carboxylic acids is 1. The highest BCUT2D eigenvalue weighted by Gasteiger charge is 2.09. The number of thiophene rings is 1. The van der Waals surface area contributed by atoms with Gasteiger partial charge in [-0.25, -0.2) is 0 Å². The summed E-state index contributed by atoms with van der Waals surface area (Å²) in [6.07, 6.45) is 0. The van der Waals surface area contributed by atoms with Crippen LogP contribution in [0.3, 0.4) is 0 Å². The maximum Gasteiger partial charge on any atom is 0.243 e. The summed E-state index contributed by atoms with van der Waals surface area (Å²) in [6, 6.07) is 9.98. The fourth-order valence-electron chi connectivity index (χ4n) is 2.23. The van der Waals surface area contributed by atoms with Gasteiger partial charge in [-0.05, 0) is 36.1 Å². The summed E-state index contributed by atoms with van der Waals surface area (Å²) in [7, 11) is 1.70. The number of guanidine groups is 1. The van der Waals surface area contributed by atoms with Gasteiger partial charge in [-0.2, -0.15) is 0 Å². The molecular formula is C18H24BrIN4OS. The van der Waals surface area contributed by atoms with Gasteiger partial charge in [-0.1, -0.05) is 35.0 Å². The van der Waals surface area contributed by atoms with Crippen LogP contribution in [-0.4, -0.2) is 32.0 Å². The number of nitrogens with one attached hydrogen (secondary N) is 3. The zero-order chi connectivity index (χ0) is 18.2. The summed E-state index contributed by atoms with van der Waals surface area (Å²) in [5, 5.41) is 11.3. The van der Waals surface area contributed by atoms with E-state index in [1.165, 1.54) is 4.88 Å². The Kier molecular flexibility index (Phi) is 10.2. The number of amides is 1. The highest BCUT2D eigenvalue weighted by Crippen LogP contribution is 2.20. The van der Waals surface area contributed by atoms with E-state index in [4.69, 9.17) is 0 Å². The van der Waals surface area contributed by atoms with Crippen molar-refractivity contribution in [3.05, 3.63) is 50.6 Å². The number of anilines is 1. The van der Waals surface area contributed by atoms with E-state index in [0.717, 1.165) is 22.3 Å². The van der Waals surface area contributed by atoms with E-state index in [-0.39, 0.29) is 36.4 Å². The lowest BCUT2D eigenvalue weighted by Gasteiger charge is -2.15. The van der Waals surface area contributed by atoms with Crippen molar-refractivity contribution in [1.29, 1.82) is 0 Å². The normalized spacial score (nSPS) is 12.1. The standard InChI is InChI=1S/C18H23BrN4OS.HI/c1-12-6-7-14(19)9-15(12)23-17(24)11-22-18(20-3)21-10-13(2)16-5-4-8-25-16;/h4-9,13H,10-11H2,1-3H3,(H,23,24)(H2,20,21,22);1H. The molecule has 1 heterocycles. The van der Waals surface area contributed by atoms with Gasteiger partial charge >= 0.3 is 0 Å². The Bertz CT molecular complexity index is 737. The third-order valence-electron chi connectivity index (χ3n) is 3.72. The predicted octanol–water partition coefficient (Wildman–Crippen LogP) is 4.34. The fraction of sp³-hybridized carbons (Fsp3) is 0.333. The number of benzene rings is 1. The first-order valence-electron chi connectivity index (χ1n) is 8.03. The van der Waals surface area contributed by atoms with E-state index in [0.29, 0.717) is 11.9 Å². The van der Waals surface area contributed by atoms with Gasteiger partial charge < -0.3 is 16.0 Å². The van der Waals surface area contributed by atoms with Crippen molar-refractivity contribution >= 4 is 68.8 Å². The van der Waals surface area contributed by atoms with Crippen molar-refractivity contribution in [2.75, 3.05) is 25.5 Å². The average molecular weight is 551 g/mol. The summed E-state index contributed by atoms with van der Waals surface area (Å²) in [6.45, 7) is 5.03. The molecule has 3 N–H and O–H groups in total. The lowest BCUT2D eigenvalue weighted by atomic mass is 10.1. The van der Waals surface area contributed by atoms with Crippen molar-refractivity contribution in [2.24, 2.45) is 4.99 Å². The van der Waals surface area contributed by atoms with Crippen molar-refractivity contribution in [3.63, 3.8) is 0 Å². The summed E-state index contributed by atoms with van der Waals surface area (Å²) in [4.78, 5) is 17.6. The monoisotopic (exact) mass is 550 g/mol. The molecule has 0 aliphatic rings. The Balaban J connectivity index is 0.00000338. The molecular weight excluding hydrogens is 527 g/mol. The molecule has 2 rings (SSSR count). The molecule has 2 aromatic rings. The van der Waals surface area contributed by atoms with E-state index >= 15 is 0 Å². The minimum atomic E-state index is -0.115. The Morgan fingerprint density at radius 1 is 1.31 bits per heavy atom. The number of carbonyl (C=O) groups is 1. The highest BCUT2D eigenvalue weighted by molar-refractivity contribution is 14.0. The van der Waals surface area contributed by atoms with Crippen LogP contribution in [0.4, 0.5) is 5.69 Å². The van der Waals surface area contributed by atoms with E-state index < -0.39 is 0 Å². The van der Waals surface area contributed by atoms with Crippen LogP contribution in [-0.2, 0) is 4.79 Å². The van der Waals surface area contributed by atoms with Crippen LogP contribution in [0.2, 0.25) is 0 Å². The Hall–Kier alpha value is -1.13. The first kappa shape index (κ1) is 22.9. The molecule has 5 nitrogen and oxygen atoms in total. The first-order valence-corrected chi connectivity index (χ1v) is 9.70. The third kappa shape index (κ3) is 7.24. The molecule has 0 radical (unpaired) electrons. The van der Waals surface area contributed by atoms with Crippen LogP contribution in [0.25, 0.3) is 0 Å². The van der Waals surface area contributed by atoms with E-state index in [1.54, 1.807) is 18.4 Å². The molecule has 0 saturated carbocycles. The summed E-state index contributed by atoms with van der Waals surface area (Å²) in [5.41, 5.74) is 1.82. The Morgan fingerprint density at radius 2 is 2.08 bits per heavy atom. The van der Waals surface area contributed by atoms with Crippen LogP contribution in [0.1, 0.15) is 23.3 Å². The predicted molar refractivity (Wildman–Crippen MR) is 125 cm³/mol. The molecule has 0 spiro atoms. The SMILES string of the molecule is CN=C(NCC(=O)Nc1cc(Br)ccc1C)NCC(C)c1cccs1.I. The summed E-state index contributed by atoms with van der Waals surface area (Å²) in [5.74, 6) is 0.886. The zero-order valence-corrected chi connectivity index (χ0v) is 19.7. The topological polar surface area (TPSA) is 65.5 Å². The molecule has 0 aliphatic carbocycles. The van der Waals surface area contributed by atoms with Crippen LogP contribution in [0.5, 0.6) is 0 Å². The number of hydrogen-bond donors (Lipinski definition) is 3. The number of halogens is 2. The molecule has 0 aliphatic heterocycles. The zero-order valence-electron chi connectivity index (χ0n) is 15.0. The van der Waals surface area contributed by atoms with Gasteiger partial charge in [0.15, 0.2) is 5.96 Å². The minimum absolute atomic E-state index is 0. The molecule has 0 saturated heterocycles. The smallest absolute Gasteiger partial charge is 0.243 e. The van der Waals surface area contributed by atoms with Gasteiger partial charge in [0.05, 0.1) is 6.54 Å². The van der Waals surface area contributed by atoms with Gasteiger partial charge in [0.1, 0.15) is 0 Å². The van der Waals surface area contributed by atoms with Gasteiger partial charge in [-0.3, -0.25) is 9.79 Å². The average Bonchev–Trinajstić information content (AvgIpc) is 3.12. The highest BCUT2D eigenvalue weighted by atomic mass is 127. The van der Waals surface area contributed by atoms with E-state index in [2.05, 4.69) is 61.3 Å². The number of nitrogens with zero attached hydrogens (tertiary/aromatic N) is 1. The first-order chi connectivity index (χ1) is 12.0. The maximum absolute atomic E-state index is 12.2. The van der Waals surface area contributed by atoms with Crippen LogP contribution >= 0.6 is 51.2 Å². The second kappa shape index (κ2) is 11.6. The largest absolute Gasteiger partial charge is 0.356 e. The molecule has 1 atom stereocenters. The molecule has 1 amide bonds. The third-order valence-corrected chi connectivity index (χ3v) is 5.32. The molecule has 1 aromatic heterocycles. The molecule has 142 valence electrons. The summed E-state index contributed by atoms with van der Waals surface area (Å²) >= 11 is 5.16. The van der Waals surface area contributed by atoms with Crippen molar-refractivity contribution in [1.82, 2.24) is 10.6 Å². The van der Waals surface area contributed by atoms with Crippen molar-refractivity contribution < 1.29 is 4.79 Å². The molecule has 1 aromatic carbocycles. The van der Waals surface area contributed by atoms with Crippen molar-refractivity contribution in [2.45, 2.75) is 19.8 Å². The van der Waals surface area contributed by atoms with Gasteiger partial charge in [-0.15, -0.1) is 35.3 Å². The minimum Gasteiger partial charge on any atom is -0.356 e. The maximum atomic E-state index is 12.2. The lowest BCUT2D eigenvalue weighted by Crippen LogP contribution is -2.42.